The fourth-order valence-electron chi connectivity index (χ4n) is 1.57. The predicted octanol–water partition coefficient (Wildman–Crippen LogP) is 2.43. The van der Waals surface area contributed by atoms with Crippen LogP contribution in [0, 0.1) is 0 Å². The van der Waals surface area contributed by atoms with Gasteiger partial charge in [-0.1, -0.05) is 15.9 Å². The number of sulfone groups is 1. The third-order valence-electron chi connectivity index (χ3n) is 2.67. The van der Waals surface area contributed by atoms with Gasteiger partial charge in [0.25, 0.3) is 0 Å². The molecule has 1 N–H and O–H groups in total. The van der Waals surface area contributed by atoms with Crippen LogP contribution in [0.1, 0.15) is 13.8 Å². The quantitative estimate of drug-likeness (QED) is 0.798. The van der Waals surface area contributed by atoms with Crippen LogP contribution in [0.5, 0.6) is 0 Å². The molecule has 0 radical (unpaired) electrons. The van der Waals surface area contributed by atoms with E-state index in [4.69, 9.17) is 0 Å². The normalized spacial score (nSPS) is 21.5. The minimum Gasteiger partial charge on any atom is -0.382 e. The number of halogens is 1. The first-order valence-electron chi connectivity index (χ1n) is 4.63. The molecule has 1 aromatic rings. The largest absolute Gasteiger partial charge is 0.382 e. The Bertz CT molecular complexity index is 508. The minimum atomic E-state index is -3.24. The number of hydrogen-bond acceptors (Lipinski definition) is 3. The predicted molar refractivity (Wildman–Crippen MR) is 63.9 cm³/mol. The molecule has 15 heavy (non-hydrogen) atoms. The van der Waals surface area contributed by atoms with Crippen LogP contribution in [-0.2, 0) is 9.84 Å². The van der Waals surface area contributed by atoms with Crippen LogP contribution in [0.2, 0.25) is 0 Å². The van der Waals surface area contributed by atoms with Crippen molar-refractivity contribution in [3.05, 3.63) is 22.7 Å². The number of rotatable bonds is 0. The fourth-order valence-corrected chi connectivity index (χ4v) is 3.65. The number of anilines is 1. The minimum absolute atomic E-state index is 0.383. The molecule has 0 saturated heterocycles. The second-order valence-electron chi connectivity index (χ2n) is 4.26. The monoisotopic (exact) mass is 289 g/mol. The molecule has 0 bridgehead atoms. The zero-order valence-corrected chi connectivity index (χ0v) is 10.9. The molecule has 0 aliphatic carbocycles. The fraction of sp³-hybridized carbons (Fsp3) is 0.400. The number of benzene rings is 1. The Kier molecular flexibility index (Phi) is 2.35. The van der Waals surface area contributed by atoms with Gasteiger partial charge in [-0.2, -0.15) is 0 Å². The van der Waals surface area contributed by atoms with Gasteiger partial charge >= 0.3 is 0 Å². The molecular weight excluding hydrogens is 278 g/mol. The lowest BCUT2D eigenvalue weighted by Crippen LogP contribution is -2.42. The summed E-state index contributed by atoms with van der Waals surface area (Å²) in [5, 5.41) is 3.14. The Labute approximate surface area is 97.9 Å². The molecule has 0 fully saturated rings. The van der Waals surface area contributed by atoms with Gasteiger partial charge in [0.2, 0.25) is 0 Å². The summed E-state index contributed by atoms with van der Waals surface area (Å²) in [6.07, 6.45) is 0. The average Bonchev–Trinajstić information content (AvgIpc) is 2.14. The maximum Gasteiger partial charge on any atom is 0.187 e. The third-order valence-corrected chi connectivity index (χ3v) is 5.67. The first-order valence-corrected chi connectivity index (χ1v) is 6.90. The van der Waals surface area contributed by atoms with Gasteiger partial charge in [0.05, 0.1) is 15.3 Å². The lowest BCUT2D eigenvalue weighted by molar-refractivity contribution is 0.548. The number of fused-ring (bicyclic) bond motifs is 1. The van der Waals surface area contributed by atoms with E-state index in [2.05, 4.69) is 21.2 Å². The number of hydrogen-bond donors (Lipinski definition) is 1. The average molecular weight is 290 g/mol. The molecule has 1 aliphatic heterocycles. The second kappa shape index (κ2) is 3.22. The van der Waals surface area contributed by atoms with E-state index in [1.165, 1.54) is 0 Å². The Morgan fingerprint density at radius 3 is 2.73 bits per heavy atom. The van der Waals surface area contributed by atoms with Crippen LogP contribution in [0.3, 0.4) is 0 Å². The summed E-state index contributed by atoms with van der Waals surface area (Å²) in [5.41, 5.74) is 0.692. The molecule has 2 rings (SSSR count). The van der Waals surface area contributed by atoms with E-state index in [0.29, 0.717) is 17.1 Å². The first kappa shape index (κ1) is 11.0. The van der Waals surface area contributed by atoms with Crippen molar-refractivity contribution in [3.8, 4) is 0 Å². The van der Waals surface area contributed by atoms with E-state index in [0.717, 1.165) is 4.47 Å². The number of nitrogens with one attached hydrogen (secondary N) is 1. The van der Waals surface area contributed by atoms with Crippen molar-refractivity contribution in [2.75, 3.05) is 11.9 Å². The van der Waals surface area contributed by atoms with E-state index in [1.807, 2.05) is 6.07 Å². The summed E-state index contributed by atoms with van der Waals surface area (Å²) in [7, 11) is -3.24. The van der Waals surface area contributed by atoms with Crippen molar-refractivity contribution < 1.29 is 8.42 Å². The molecule has 1 heterocycles. The topological polar surface area (TPSA) is 46.2 Å². The van der Waals surface area contributed by atoms with Crippen LogP contribution in [-0.4, -0.2) is 19.7 Å². The second-order valence-corrected chi connectivity index (χ2v) is 7.72. The van der Waals surface area contributed by atoms with Gasteiger partial charge in [0.1, 0.15) is 0 Å². The zero-order valence-electron chi connectivity index (χ0n) is 8.54. The summed E-state index contributed by atoms with van der Waals surface area (Å²) < 4.78 is 24.5. The van der Waals surface area contributed by atoms with Crippen molar-refractivity contribution in [3.63, 3.8) is 0 Å². The highest BCUT2D eigenvalue weighted by atomic mass is 79.9. The van der Waals surface area contributed by atoms with Gasteiger partial charge in [-0.25, -0.2) is 8.42 Å². The Balaban J connectivity index is 2.72. The molecule has 3 nitrogen and oxygen atoms in total. The van der Waals surface area contributed by atoms with Crippen molar-refractivity contribution in [2.24, 2.45) is 0 Å². The van der Waals surface area contributed by atoms with Crippen LogP contribution >= 0.6 is 15.9 Å². The van der Waals surface area contributed by atoms with Gasteiger partial charge < -0.3 is 5.32 Å². The van der Waals surface area contributed by atoms with E-state index >= 15 is 0 Å². The molecule has 0 unspecified atom stereocenters. The highest BCUT2D eigenvalue weighted by molar-refractivity contribution is 9.10. The van der Waals surface area contributed by atoms with E-state index in [-0.39, 0.29) is 0 Å². The van der Waals surface area contributed by atoms with E-state index in [9.17, 15) is 8.42 Å². The third kappa shape index (κ3) is 1.58. The first-order chi connectivity index (χ1) is 6.84. The molecule has 5 heteroatoms. The lowest BCUT2D eigenvalue weighted by Gasteiger charge is -2.32. The maximum atomic E-state index is 12.2. The summed E-state index contributed by atoms with van der Waals surface area (Å²) >= 11 is 3.29. The van der Waals surface area contributed by atoms with Gasteiger partial charge in [0, 0.05) is 11.0 Å². The van der Waals surface area contributed by atoms with Crippen molar-refractivity contribution in [1.82, 2.24) is 0 Å². The van der Waals surface area contributed by atoms with Crippen molar-refractivity contribution in [2.45, 2.75) is 23.5 Å². The lowest BCUT2D eigenvalue weighted by atomic mass is 10.2. The highest BCUT2D eigenvalue weighted by Crippen LogP contribution is 2.36. The standard InChI is InChI=1S/C10H12BrNO2S/c1-10(2)6-12-8-4-3-7(11)5-9(8)15(10,13)14/h3-5,12H,6H2,1-2H3. The van der Waals surface area contributed by atoms with Crippen molar-refractivity contribution in [1.29, 1.82) is 0 Å². The molecule has 0 amide bonds. The molecule has 0 spiro atoms. The summed E-state index contributed by atoms with van der Waals surface area (Å²) in [6.45, 7) is 3.92. The van der Waals surface area contributed by atoms with Crippen LogP contribution in [0.25, 0.3) is 0 Å². The van der Waals surface area contributed by atoms with Gasteiger partial charge in [0.15, 0.2) is 9.84 Å². The van der Waals surface area contributed by atoms with Gasteiger partial charge in [-0.3, -0.25) is 0 Å². The Morgan fingerprint density at radius 1 is 1.40 bits per heavy atom. The smallest absolute Gasteiger partial charge is 0.187 e. The van der Waals surface area contributed by atoms with Crippen LogP contribution in [0.4, 0.5) is 5.69 Å². The summed E-state index contributed by atoms with van der Waals surface area (Å²) in [4.78, 5) is 0.383. The summed E-state index contributed by atoms with van der Waals surface area (Å²) in [5.74, 6) is 0. The maximum absolute atomic E-state index is 12.2. The van der Waals surface area contributed by atoms with Gasteiger partial charge in [-0.15, -0.1) is 0 Å². The van der Waals surface area contributed by atoms with E-state index < -0.39 is 14.6 Å². The Hall–Kier alpha value is -0.550. The van der Waals surface area contributed by atoms with Crippen molar-refractivity contribution >= 4 is 31.5 Å². The molecular formula is C10H12BrNO2S. The molecule has 0 aromatic heterocycles. The zero-order chi connectivity index (χ0) is 11.3. The van der Waals surface area contributed by atoms with E-state index in [1.54, 1.807) is 26.0 Å². The molecule has 82 valence electrons. The molecule has 1 aliphatic rings. The SMILES string of the molecule is CC1(C)CNc2ccc(Br)cc2S1(=O)=O. The van der Waals surface area contributed by atoms with Gasteiger partial charge in [-0.05, 0) is 32.0 Å². The van der Waals surface area contributed by atoms with Crippen LogP contribution in [0.15, 0.2) is 27.6 Å². The molecule has 0 saturated carbocycles. The Morgan fingerprint density at radius 2 is 2.07 bits per heavy atom. The molecule has 0 atom stereocenters. The van der Waals surface area contributed by atoms with Crippen LogP contribution < -0.4 is 5.32 Å². The highest BCUT2D eigenvalue weighted by Gasteiger charge is 2.40. The summed E-state index contributed by atoms with van der Waals surface area (Å²) in [6, 6.07) is 5.27. The molecule has 1 aromatic carbocycles.